The predicted octanol–water partition coefficient (Wildman–Crippen LogP) is 3.30. The van der Waals surface area contributed by atoms with Gasteiger partial charge in [-0.2, -0.15) is 0 Å². The molecule has 2 nitrogen and oxygen atoms in total. The first-order valence-corrected chi connectivity index (χ1v) is 5.99. The van der Waals surface area contributed by atoms with Crippen molar-refractivity contribution in [3.8, 4) is 0 Å². The highest BCUT2D eigenvalue weighted by atomic mass is 15.0. The number of nitrogens with two attached hydrogens (primary N) is 1. The normalized spacial score (nSPS) is 11.8. The number of hydrogen-bond acceptors (Lipinski definition) is 2. The number of benzene rings is 2. The van der Waals surface area contributed by atoms with Gasteiger partial charge in [0.05, 0.1) is 0 Å². The molecule has 0 bridgehead atoms. The average Bonchev–Trinajstić information content (AvgIpc) is 2.29. The molecule has 0 aliphatic carbocycles. The Labute approximate surface area is 103 Å². The maximum absolute atomic E-state index is 5.72. The lowest BCUT2D eigenvalue weighted by Crippen LogP contribution is -2.39. The minimum atomic E-state index is -0.0711. The molecule has 0 aliphatic rings. The highest BCUT2D eigenvalue weighted by molar-refractivity contribution is 5.86. The quantitative estimate of drug-likeness (QED) is 0.846. The number of nitrogens with one attached hydrogen (secondary N) is 1. The fourth-order valence-corrected chi connectivity index (χ4v) is 1.88. The minimum absolute atomic E-state index is 0.0711. The van der Waals surface area contributed by atoms with Gasteiger partial charge in [0.1, 0.15) is 0 Å². The molecule has 17 heavy (non-hydrogen) atoms. The zero-order valence-corrected chi connectivity index (χ0v) is 10.7. The molecule has 0 fully saturated rings. The monoisotopic (exact) mass is 228 g/mol. The van der Waals surface area contributed by atoms with Crippen molar-refractivity contribution in [2.75, 3.05) is 11.9 Å². The Morgan fingerprint density at radius 1 is 1.06 bits per heavy atom. The molecular weight excluding hydrogens is 208 g/mol. The Balaban J connectivity index is 2.35. The first kappa shape index (κ1) is 11.9. The summed E-state index contributed by atoms with van der Waals surface area (Å²) in [7, 11) is 0. The van der Waals surface area contributed by atoms with Gasteiger partial charge in [-0.3, -0.25) is 0 Å². The van der Waals surface area contributed by atoms with Crippen molar-refractivity contribution in [1.29, 1.82) is 0 Å². The Morgan fingerprint density at radius 3 is 2.41 bits per heavy atom. The second-order valence-electron chi connectivity index (χ2n) is 5.28. The largest absolute Gasteiger partial charge is 0.379 e. The predicted molar refractivity (Wildman–Crippen MR) is 75.4 cm³/mol. The zero-order valence-electron chi connectivity index (χ0n) is 10.7. The molecule has 0 spiro atoms. The van der Waals surface area contributed by atoms with Gasteiger partial charge in [-0.25, -0.2) is 0 Å². The van der Waals surface area contributed by atoms with Crippen molar-refractivity contribution >= 4 is 16.5 Å². The molecule has 2 aromatic carbocycles. The molecule has 0 aromatic heterocycles. The van der Waals surface area contributed by atoms with Crippen molar-refractivity contribution in [2.45, 2.75) is 26.3 Å². The summed E-state index contributed by atoms with van der Waals surface area (Å²) in [5.74, 6) is 0. The van der Waals surface area contributed by atoms with Gasteiger partial charge in [-0.1, -0.05) is 29.8 Å². The molecule has 0 saturated carbocycles. The van der Waals surface area contributed by atoms with Crippen molar-refractivity contribution in [2.24, 2.45) is 5.73 Å². The van der Waals surface area contributed by atoms with E-state index in [2.05, 4.69) is 62.5 Å². The molecular formula is C15H20N2. The highest BCUT2D eigenvalue weighted by Crippen LogP contribution is 2.22. The maximum atomic E-state index is 5.72. The van der Waals surface area contributed by atoms with Gasteiger partial charge in [-0.15, -0.1) is 0 Å². The second-order valence-corrected chi connectivity index (χ2v) is 5.28. The molecule has 0 unspecified atom stereocenters. The Hall–Kier alpha value is -1.54. The van der Waals surface area contributed by atoms with Crippen LogP contribution in [0.3, 0.4) is 0 Å². The van der Waals surface area contributed by atoms with Crippen LogP contribution in [0.1, 0.15) is 19.4 Å². The molecule has 0 atom stereocenters. The van der Waals surface area contributed by atoms with E-state index in [1.165, 1.54) is 16.3 Å². The number of rotatable bonds is 3. The van der Waals surface area contributed by atoms with E-state index >= 15 is 0 Å². The molecule has 2 aromatic rings. The van der Waals surface area contributed by atoms with Crippen LogP contribution in [0.5, 0.6) is 0 Å². The summed E-state index contributed by atoms with van der Waals surface area (Å²) in [5.41, 5.74) is 8.07. The van der Waals surface area contributed by atoms with Gasteiger partial charge in [0.25, 0.3) is 0 Å². The van der Waals surface area contributed by atoms with E-state index in [-0.39, 0.29) is 5.54 Å². The third-order valence-corrected chi connectivity index (χ3v) is 2.99. The van der Waals surface area contributed by atoms with Crippen LogP contribution < -0.4 is 11.1 Å². The van der Waals surface area contributed by atoms with Gasteiger partial charge in [0.2, 0.25) is 0 Å². The first-order valence-electron chi connectivity index (χ1n) is 5.99. The van der Waals surface area contributed by atoms with Crippen molar-refractivity contribution in [1.82, 2.24) is 0 Å². The van der Waals surface area contributed by atoms with Crippen molar-refractivity contribution < 1.29 is 0 Å². The van der Waals surface area contributed by atoms with E-state index in [0.717, 1.165) is 5.69 Å². The summed E-state index contributed by atoms with van der Waals surface area (Å²) in [6.45, 7) is 6.93. The fraction of sp³-hybridized carbons (Fsp3) is 0.333. The summed E-state index contributed by atoms with van der Waals surface area (Å²) in [6, 6.07) is 12.9. The summed E-state index contributed by atoms with van der Waals surface area (Å²) in [6.07, 6.45) is 0. The van der Waals surface area contributed by atoms with Crippen molar-refractivity contribution in [3.63, 3.8) is 0 Å². The highest BCUT2D eigenvalue weighted by Gasteiger charge is 2.14. The smallest absolute Gasteiger partial charge is 0.0439 e. The molecule has 0 amide bonds. The summed E-state index contributed by atoms with van der Waals surface area (Å²) in [4.78, 5) is 0. The number of aryl methyl sites for hydroxylation is 1. The number of hydrogen-bond donors (Lipinski definition) is 2. The summed E-state index contributed by atoms with van der Waals surface area (Å²) < 4.78 is 0. The van der Waals surface area contributed by atoms with Crippen LogP contribution in [0.15, 0.2) is 36.4 Å². The van der Waals surface area contributed by atoms with E-state index in [1.54, 1.807) is 0 Å². The summed E-state index contributed by atoms with van der Waals surface area (Å²) in [5, 5.41) is 5.99. The average molecular weight is 228 g/mol. The standard InChI is InChI=1S/C15H20N2/c1-11-4-5-13-9-14(7-6-12(13)8-11)17-15(2,3)10-16/h4-9,17H,10,16H2,1-3H3. The Morgan fingerprint density at radius 2 is 1.71 bits per heavy atom. The lowest BCUT2D eigenvalue weighted by Gasteiger charge is -2.25. The van der Waals surface area contributed by atoms with Crippen LogP contribution >= 0.6 is 0 Å². The SMILES string of the molecule is Cc1ccc2cc(NC(C)(C)CN)ccc2c1. The van der Waals surface area contributed by atoms with E-state index in [0.29, 0.717) is 6.54 Å². The lowest BCUT2D eigenvalue weighted by atomic mass is 10.0. The van der Waals surface area contributed by atoms with Crippen LogP contribution in [-0.2, 0) is 0 Å². The molecule has 90 valence electrons. The topological polar surface area (TPSA) is 38.0 Å². The lowest BCUT2D eigenvalue weighted by molar-refractivity contribution is 0.580. The second kappa shape index (κ2) is 4.38. The van der Waals surface area contributed by atoms with E-state index in [4.69, 9.17) is 5.73 Å². The number of fused-ring (bicyclic) bond motifs is 1. The Bertz CT molecular complexity index is 529. The van der Waals surface area contributed by atoms with E-state index in [1.807, 2.05) is 0 Å². The Kier molecular flexibility index (Phi) is 3.07. The fourth-order valence-electron chi connectivity index (χ4n) is 1.88. The van der Waals surface area contributed by atoms with Crippen LogP contribution in [-0.4, -0.2) is 12.1 Å². The van der Waals surface area contributed by atoms with Crippen LogP contribution in [0, 0.1) is 6.92 Å². The van der Waals surface area contributed by atoms with E-state index < -0.39 is 0 Å². The molecule has 0 saturated heterocycles. The molecule has 2 heteroatoms. The van der Waals surface area contributed by atoms with Crippen molar-refractivity contribution in [3.05, 3.63) is 42.0 Å². The molecule has 2 rings (SSSR count). The van der Waals surface area contributed by atoms with Gasteiger partial charge in [0.15, 0.2) is 0 Å². The van der Waals surface area contributed by atoms with Gasteiger partial charge < -0.3 is 11.1 Å². The van der Waals surface area contributed by atoms with Crippen LogP contribution in [0.2, 0.25) is 0 Å². The molecule has 0 heterocycles. The van der Waals surface area contributed by atoms with Crippen LogP contribution in [0.4, 0.5) is 5.69 Å². The first-order chi connectivity index (χ1) is 8.00. The molecule has 0 aliphatic heterocycles. The third kappa shape index (κ3) is 2.77. The zero-order chi connectivity index (χ0) is 12.5. The summed E-state index contributed by atoms with van der Waals surface area (Å²) >= 11 is 0. The molecule has 3 N–H and O–H groups in total. The van der Waals surface area contributed by atoms with Gasteiger partial charge >= 0.3 is 0 Å². The minimum Gasteiger partial charge on any atom is -0.379 e. The molecule has 0 radical (unpaired) electrons. The third-order valence-electron chi connectivity index (χ3n) is 2.99. The maximum Gasteiger partial charge on any atom is 0.0439 e. The van der Waals surface area contributed by atoms with Gasteiger partial charge in [0, 0.05) is 17.8 Å². The number of anilines is 1. The van der Waals surface area contributed by atoms with Crippen LogP contribution in [0.25, 0.3) is 10.8 Å². The van der Waals surface area contributed by atoms with Gasteiger partial charge in [-0.05, 0) is 43.7 Å². The van der Waals surface area contributed by atoms with E-state index in [9.17, 15) is 0 Å².